The molecule has 0 unspecified atom stereocenters. The summed E-state index contributed by atoms with van der Waals surface area (Å²) >= 11 is 1.56. The quantitative estimate of drug-likeness (QED) is 0.317. The number of hydrogen-bond donors (Lipinski definition) is 1. The molecule has 0 saturated heterocycles. The number of methoxy groups -OCH3 is 1. The van der Waals surface area contributed by atoms with Crippen LogP contribution in [0.3, 0.4) is 0 Å². The van der Waals surface area contributed by atoms with Crippen LogP contribution in [0.4, 0.5) is 5.69 Å². The first-order chi connectivity index (χ1) is 15.1. The Hall–Kier alpha value is -2.99. The van der Waals surface area contributed by atoms with E-state index < -0.39 is 0 Å². The van der Waals surface area contributed by atoms with Gasteiger partial charge in [0.05, 0.1) is 23.4 Å². The lowest BCUT2D eigenvalue weighted by molar-refractivity contribution is -0.140. The Kier molecular flexibility index (Phi) is 8.35. The van der Waals surface area contributed by atoms with Crippen LogP contribution in [0.5, 0.6) is 0 Å². The van der Waals surface area contributed by atoms with Crippen LogP contribution in [0.25, 0.3) is 10.4 Å². The Balaban J connectivity index is 1.56. The van der Waals surface area contributed by atoms with Crippen LogP contribution in [0.1, 0.15) is 53.5 Å². The largest absolute Gasteiger partial charge is 0.469 e. The van der Waals surface area contributed by atoms with Gasteiger partial charge in [0.2, 0.25) is 0 Å². The molecule has 0 saturated carbocycles. The molecule has 0 radical (unpaired) electrons. The van der Waals surface area contributed by atoms with Crippen molar-refractivity contribution in [1.82, 2.24) is 4.98 Å². The second kappa shape index (κ2) is 11.4. The van der Waals surface area contributed by atoms with Gasteiger partial charge in [-0.15, -0.1) is 11.3 Å². The van der Waals surface area contributed by atoms with E-state index in [0.29, 0.717) is 18.4 Å². The number of hydrogen-bond acceptors (Lipinski definition) is 5. The average Bonchev–Trinajstić information content (AvgIpc) is 3.27. The summed E-state index contributed by atoms with van der Waals surface area (Å²) < 4.78 is 4.67. The molecule has 0 spiro atoms. The standard InChI is InChI=1S/C25H28N2O3S/c1-3-4-5-6-18-7-9-20(10-8-18)25(29)27-21-13-11-19(12-14-21)22-17-26-23(31-22)15-16-24(28)30-2/h7-14,17H,3-6,15-16H2,1-2H3,(H,27,29). The van der Waals surface area contributed by atoms with Gasteiger partial charge in [0.15, 0.2) is 0 Å². The van der Waals surface area contributed by atoms with Crippen LogP contribution in [-0.4, -0.2) is 24.0 Å². The van der Waals surface area contributed by atoms with E-state index in [-0.39, 0.29) is 11.9 Å². The number of esters is 1. The monoisotopic (exact) mass is 436 g/mol. The maximum absolute atomic E-state index is 12.5. The molecule has 0 aliphatic rings. The van der Waals surface area contributed by atoms with E-state index in [0.717, 1.165) is 27.6 Å². The van der Waals surface area contributed by atoms with Crippen LogP contribution >= 0.6 is 11.3 Å². The summed E-state index contributed by atoms with van der Waals surface area (Å²) in [6.45, 7) is 2.20. The maximum Gasteiger partial charge on any atom is 0.305 e. The van der Waals surface area contributed by atoms with E-state index in [2.05, 4.69) is 22.0 Å². The molecular weight excluding hydrogens is 408 g/mol. The molecule has 31 heavy (non-hydrogen) atoms. The SMILES string of the molecule is CCCCCc1ccc(C(=O)Nc2ccc(-c3cnc(CCC(=O)OC)s3)cc2)cc1. The average molecular weight is 437 g/mol. The summed E-state index contributed by atoms with van der Waals surface area (Å²) in [4.78, 5) is 29.2. The van der Waals surface area contributed by atoms with Crippen LogP contribution < -0.4 is 5.32 Å². The highest BCUT2D eigenvalue weighted by Crippen LogP contribution is 2.28. The van der Waals surface area contributed by atoms with Gasteiger partial charge in [0.1, 0.15) is 0 Å². The zero-order valence-electron chi connectivity index (χ0n) is 18.0. The Morgan fingerprint density at radius 3 is 2.42 bits per heavy atom. The minimum atomic E-state index is -0.233. The van der Waals surface area contributed by atoms with Crippen LogP contribution in [0.2, 0.25) is 0 Å². The lowest BCUT2D eigenvalue weighted by Gasteiger charge is -2.07. The van der Waals surface area contributed by atoms with Crippen molar-refractivity contribution in [2.24, 2.45) is 0 Å². The number of ether oxygens (including phenoxy) is 1. The number of benzene rings is 2. The lowest BCUT2D eigenvalue weighted by Crippen LogP contribution is -2.11. The predicted octanol–water partition coefficient (Wildman–Crippen LogP) is 5.90. The van der Waals surface area contributed by atoms with E-state index in [1.807, 2.05) is 54.7 Å². The maximum atomic E-state index is 12.5. The van der Waals surface area contributed by atoms with Crippen molar-refractivity contribution in [2.45, 2.75) is 45.4 Å². The molecule has 3 aromatic rings. The minimum absolute atomic E-state index is 0.115. The molecule has 162 valence electrons. The summed E-state index contributed by atoms with van der Waals surface area (Å²) in [6, 6.07) is 15.6. The van der Waals surface area contributed by atoms with E-state index >= 15 is 0 Å². The molecule has 1 aromatic heterocycles. The molecule has 1 N–H and O–H groups in total. The van der Waals surface area contributed by atoms with E-state index in [9.17, 15) is 9.59 Å². The number of carbonyl (C=O) groups is 2. The Morgan fingerprint density at radius 1 is 1.00 bits per heavy atom. The van der Waals surface area contributed by atoms with Gasteiger partial charge in [-0.3, -0.25) is 9.59 Å². The molecule has 0 bridgehead atoms. The zero-order chi connectivity index (χ0) is 22.1. The number of nitrogens with one attached hydrogen (secondary N) is 1. The van der Waals surface area contributed by atoms with Crippen molar-refractivity contribution in [1.29, 1.82) is 0 Å². The Morgan fingerprint density at radius 2 is 1.74 bits per heavy atom. The first-order valence-electron chi connectivity index (χ1n) is 10.6. The van der Waals surface area contributed by atoms with Gasteiger partial charge in [-0.2, -0.15) is 0 Å². The third kappa shape index (κ3) is 6.76. The van der Waals surface area contributed by atoms with Gasteiger partial charge in [0, 0.05) is 23.9 Å². The molecule has 2 aromatic carbocycles. The molecule has 1 heterocycles. The molecule has 6 heteroatoms. The van der Waals surface area contributed by atoms with Crippen molar-refractivity contribution >= 4 is 28.9 Å². The number of aryl methyl sites for hydroxylation is 2. The van der Waals surface area contributed by atoms with Crippen LogP contribution in [0, 0.1) is 0 Å². The number of amides is 1. The first-order valence-corrected chi connectivity index (χ1v) is 11.4. The first kappa shape index (κ1) is 22.7. The number of unbranched alkanes of at least 4 members (excludes halogenated alkanes) is 2. The number of rotatable bonds is 10. The fourth-order valence-corrected chi connectivity index (χ4v) is 4.12. The van der Waals surface area contributed by atoms with Gasteiger partial charge in [-0.1, -0.05) is 44.0 Å². The third-order valence-electron chi connectivity index (χ3n) is 5.04. The second-order valence-electron chi connectivity index (χ2n) is 7.38. The van der Waals surface area contributed by atoms with E-state index in [1.165, 1.54) is 31.9 Å². The highest BCUT2D eigenvalue weighted by Gasteiger charge is 2.09. The van der Waals surface area contributed by atoms with Gasteiger partial charge in [0.25, 0.3) is 5.91 Å². The van der Waals surface area contributed by atoms with Crippen molar-refractivity contribution in [3.05, 3.63) is 70.9 Å². The molecule has 0 aliphatic heterocycles. The van der Waals surface area contributed by atoms with E-state index in [1.54, 1.807) is 11.3 Å². The Labute approximate surface area is 187 Å². The predicted molar refractivity (Wildman–Crippen MR) is 126 cm³/mol. The fourth-order valence-electron chi connectivity index (χ4n) is 3.19. The van der Waals surface area contributed by atoms with Crippen LogP contribution in [-0.2, 0) is 22.4 Å². The minimum Gasteiger partial charge on any atom is -0.469 e. The normalized spacial score (nSPS) is 10.6. The molecule has 0 atom stereocenters. The van der Waals surface area contributed by atoms with E-state index in [4.69, 9.17) is 0 Å². The topological polar surface area (TPSA) is 68.3 Å². The smallest absolute Gasteiger partial charge is 0.305 e. The molecule has 3 rings (SSSR count). The van der Waals surface area contributed by atoms with Crippen LogP contribution in [0.15, 0.2) is 54.7 Å². The summed E-state index contributed by atoms with van der Waals surface area (Å²) in [5.74, 6) is -0.348. The van der Waals surface area contributed by atoms with Gasteiger partial charge in [-0.25, -0.2) is 4.98 Å². The number of aromatic nitrogens is 1. The molecule has 1 amide bonds. The molecule has 5 nitrogen and oxygen atoms in total. The molecular formula is C25H28N2O3S. The summed E-state index contributed by atoms with van der Waals surface area (Å²) in [7, 11) is 1.39. The fraction of sp³-hybridized carbons (Fsp3) is 0.320. The highest BCUT2D eigenvalue weighted by atomic mass is 32.1. The van der Waals surface area contributed by atoms with Crippen molar-refractivity contribution < 1.29 is 14.3 Å². The van der Waals surface area contributed by atoms with Gasteiger partial charge < -0.3 is 10.1 Å². The summed E-state index contributed by atoms with van der Waals surface area (Å²) in [5, 5.41) is 3.85. The zero-order valence-corrected chi connectivity index (χ0v) is 18.8. The number of nitrogens with zero attached hydrogens (tertiary/aromatic N) is 1. The third-order valence-corrected chi connectivity index (χ3v) is 6.14. The van der Waals surface area contributed by atoms with Crippen molar-refractivity contribution in [2.75, 3.05) is 12.4 Å². The second-order valence-corrected chi connectivity index (χ2v) is 8.50. The summed E-state index contributed by atoms with van der Waals surface area (Å²) in [6.07, 6.45) is 7.39. The highest BCUT2D eigenvalue weighted by molar-refractivity contribution is 7.15. The van der Waals surface area contributed by atoms with Crippen molar-refractivity contribution in [3.63, 3.8) is 0 Å². The summed E-state index contributed by atoms with van der Waals surface area (Å²) in [5.41, 5.74) is 3.69. The lowest BCUT2D eigenvalue weighted by atomic mass is 10.1. The Bertz CT molecular complexity index is 994. The molecule has 0 fully saturated rings. The number of thiazole rings is 1. The number of carbonyl (C=O) groups excluding carboxylic acids is 2. The van der Waals surface area contributed by atoms with Crippen molar-refractivity contribution in [3.8, 4) is 10.4 Å². The van der Waals surface area contributed by atoms with Gasteiger partial charge in [-0.05, 0) is 48.2 Å². The number of anilines is 1. The van der Waals surface area contributed by atoms with Gasteiger partial charge >= 0.3 is 5.97 Å². The molecule has 0 aliphatic carbocycles.